The van der Waals surface area contributed by atoms with Crippen LogP contribution in [0, 0.1) is 17.5 Å². The minimum Gasteiger partial charge on any atom is -0.480 e. The Bertz CT molecular complexity index is 657. The summed E-state index contributed by atoms with van der Waals surface area (Å²) in [5, 5.41) is 11.7. The fourth-order valence-electron chi connectivity index (χ4n) is 2.08. The quantitative estimate of drug-likeness (QED) is 0.827. The molecule has 1 aliphatic rings. The smallest absolute Gasteiger partial charge is 0.323 e. The molecule has 1 unspecified atom stereocenters. The summed E-state index contributed by atoms with van der Waals surface area (Å²) in [5.41, 5.74) is 0. The molecule has 1 fully saturated rings. The molecular formula is C11H11F3N2O4S. The maximum absolute atomic E-state index is 13.6. The van der Waals surface area contributed by atoms with Crippen LogP contribution in [-0.4, -0.2) is 49.5 Å². The zero-order chi connectivity index (χ0) is 15.8. The fraction of sp³-hybridized carbons (Fsp3) is 0.364. The number of aliphatic carboxylic acids is 1. The topological polar surface area (TPSA) is 86.7 Å². The van der Waals surface area contributed by atoms with E-state index >= 15 is 0 Å². The molecule has 2 rings (SSSR count). The summed E-state index contributed by atoms with van der Waals surface area (Å²) < 4.78 is 65.2. The number of hydrogen-bond acceptors (Lipinski definition) is 4. The Labute approximate surface area is 118 Å². The second-order valence-electron chi connectivity index (χ2n) is 4.37. The Hall–Kier alpha value is -1.65. The Balaban J connectivity index is 2.53. The van der Waals surface area contributed by atoms with E-state index < -0.39 is 44.4 Å². The molecule has 1 aromatic carbocycles. The largest absolute Gasteiger partial charge is 0.480 e. The summed E-state index contributed by atoms with van der Waals surface area (Å²) in [6, 6.07) is -1.03. The van der Waals surface area contributed by atoms with Crippen molar-refractivity contribution in [1.29, 1.82) is 0 Å². The third-order valence-electron chi connectivity index (χ3n) is 3.01. The summed E-state index contributed by atoms with van der Waals surface area (Å²) in [7, 11) is -4.74. The second-order valence-corrected chi connectivity index (χ2v) is 6.20. The summed E-state index contributed by atoms with van der Waals surface area (Å²) in [6.45, 7) is -0.331. The molecule has 21 heavy (non-hydrogen) atoms. The minimum absolute atomic E-state index is 0.132. The molecule has 0 amide bonds. The molecule has 1 saturated heterocycles. The van der Waals surface area contributed by atoms with E-state index in [0.717, 1.165) is 0 Å². The highest BCUT2D eigenvalue weighted by atomic mass is 32.2. The van der Waals surface area contributed by atoms with Crippen molar-refractivity contribution in [1.82, 2.24) is 9.62 Å². The molecule has 0 spiro atoms. The Kier molecular flexibility index (Phi) is 4.21. The number of piperazine rings is 1. The number of hydrogen-bond donors (Lipinski definition) is 2. The van der Waals surface area contributed by atoms with Crippen molar-refractivity contribution in [3.05, 3.63) is 29.6 Å². The monoisotopic (exact) mass is 324 g/mol. The third-order valence-corrected chi connectivity index (χ3v) is 4.97. The van der Waals surface area contributed by atoms with E-state index in [1.807, 2.05) is 0 Å². The highest BCUT2D eigenvalue weighted by Crippen LogP contribution is 2.25. The average molecular weight is 324 g/mol. The first-order valence-electron chi connectivity index (χ1n) is 5.85. The van der Waals surface area contributed by atoms with Gasteiger partial charge in [0.2, 0.25) is 10.0 Å². The van der Waals surface area contributed by atoms with E-state index in [4.69, 9.17) is 5.11 Å². The van der Waals surface area contributed by atoms with Gasteiger partial charge in [0, 0.05) is 31.8 Å². The molecule has 0 bridgehead atoms. The molecule has 0 saturated carbocycles. The zero-order valence-electron chi connectivity index (χ0n) is 10.5. The molecule has 1 heterocycles. The van der Waals surface area contributed by atoms with Gasteiger partial charge < -0.3 is 10.4 Å². The lowest BCUT2D eigenvalue weighted by atomic mass is 10.2. The number of carbonyl (C=O) groups is 1. The molecule has 0 aliphatic carbocycles. The lowest BCUT2D eigenvalue weighted by Crippen LogP contribution is -2.57. The zero-order valence-corrected chi connectivity index (χ0v) is 11.3. The van der Waals surface area contributed by atoms with E-state index in [0.29, 0.717) is 4.31 Å². The number of nitrogens with zero attached hydrogens (tertiary/aromatic N) is 1. The maximum atomic E-state index is 13.6. The Morgan fingerprint density at radius 3 is 2.38 bits per heavy atom. The SMILES string of the molecule is O=C(O)C1CNCCN1S(=O)(=O)c1c(F)cc(F)cc1F. The van der Waals surface area contributed by atoms with E-state index in [9.17, 15) is 26.4 Å². The van der Waals surface area contributed by atoms with Crippen LogP contribution in [0.5, 0.6) is 0 Å². The van der Waals surface area contributed by atoms with Gasteiger partial charge in [-0.15, -0.1) is 0 Å². The number of carboxylic acid groups (broad SMARTS) is 1. The maximum Gasteiger partial charge on any atom is 0.323 e. The van der Waals surface area contributed by atoms with Gasteiger partial charge in [-0.05, 0) is 0 Å². The average Bonchev–Trinajstić information content (AvgIpc) is 2.37. The normalized spacial score (nSPS) is 20.4. The number of rotatable bonds is 3. The first kappa shape index (κ1) is 15.7. The molecule has 0 radical (unpaired) electrons. The molecule has 2 N–H and O–H groups in total. The van der Waals surface area contributed by atoms with Crippen LogP contribution in [0.2, 0.25) is 0 Å². The van der Waals surface area contributed by atoms with E-state index in [1.165, 1.54) is 0 Å². The predicted molar refractivity (Wildman–Crippen MR) is 64.5 cm³/mol. The van der Waals surface area contributed by atoms with Gasteiger partial charge in [0.25, 0.3) is 0 Å². The molecule has 6 nitrogen and oxygen atoms in total. The van der Waals surface area contributed by atoms with Crippen LogP contribution in [-0.2, 0) is 14.8 Å². The van der Waals surface area contributed by atoms with Gasteiger partial charge in [-0.3, -0.25) is 4.79 Å². The number of benzene rings is 1. The Morgan fingerprint density at radius 1 is 1.29 bits per heavy atom. The molecular weight excluding hydrogens is 313 g/mol. The van der Waals surface area contributed by atoms with Crippen molar-refractivity contribution in [2.45, 2.75) is 10.9 Å². The van der Waals surface area contributed by atoms with Crippen LogP contribution in [0.4, 0.5) is 13.2 Å². The van der Waals surface area contributed by atoms with Crippen LogP contribution in [0.1, 0.15) is 0 Å². The van der Waals surface area contributed by atoms with Gasteiger partial charge in [0.05, 0.1) is 0 Å². The lowest BCUT2D eigenvalue weighted by Gasteiger charge is -2.32. The lowest BCUT2D eigenvalue weighted by molar-refractivity contribution is -0.141. The number of nitrogens with one attached hydrogen (secondary N) is 1. The summed E-state index contributed by atoms with van der Waals surface area (Å²) in [6.07, 6.45) is 0. The molecule has 10 heteroatoms. The summed E-state index contributed by atoms with van der Waals surface area (Å²) in [4.78, 5) is 9.72. The molecule has 1 atom stereocenters. The highest BCUT2D eigenvalue weighted by Gasteiger charge is 2.40. The first-order chi connectivity index (χ1) is 9.75. The molecule has 116 valence electrons. The molecule has 0 aromatic heterocycles. The number of sulfonamides is 1. The van der Waals surface area contributed by atoms with Gasteiger partial charge in [-0.1, -0.05) is 0 Å². The highest BCUT2D eigenvalue weighted by molar-refractivity contribution is 7.89. The van der Waals surface area contributed by atoms with Crippen LogP contribution in [0.25, 0.3) is 0 Å². The van der Waals surface area contributed by atoms with Crippen molar-refractivity contribution in [2.75, 3.05) is 19.6 Å². The first-order valence-corrected chi connectivity index (χ1v) is 7.29. The van der Waals surface area contributed by atoms with E-state index in [1.54, 1.807) is 0 Å². The van der Waals surface area contributed by atoms with Crippen LogP contribution in [0.15, 0.2) is 17.0 Å². The second kappa shape index (κ2) is 5.62. The van der Waals surface area contributed by atoms with Crippen molar-refractivity contribution < 1.29 is 31.5 Å². The summed E-state index contributed by atoms with van der Waals surface area (Å²) >= 11 is 0. The minimum atomic E-state index is -4.74. The van der Waals surface area contributed by atoms with Gasteiger partial charge in [-0.25, -0.2) is 21.6 Å². The predicted octanol–water partition coefficient (Wildman–Crippen LogP) is 0.151. The van der Waals surface area contributed by atoms with Gasteiger partial charge in [0.1, 0.15) is 23.5 Å². The third kappa shape index (κ3) is 2.87. The van der Waals surface area contributed by atoms with Gasteiger partial charge in [-0.2, -0.15) is 4.31 Å². The van der Waals surface area contributed by atoms with E-state index in [-0.39, 0.29) is 31.8 Å². The van der Waals surface area contributed by atoms with Crippen molar-refractivity contribution >= 4 is 16.0 Å². The van der Waals surface area contributed by atoms with E-state index in [2.05, 4.69) is 5.32 Å². The number of carboxylic acids is 1. The van der Waals surface area contributed by atoms with Crippen molar-refractivity contribution in [2.24, 2.45) is 0 Å². The standard InChI is InChI=1S/C11H11F3N2O4S/c12-6-3-7(13)10(8(14)4-6)21(19,20)16-2-1-15-5-9(16)11(17)18/h3-4,9,15H,1-2,5H2,(H,17,18). The Morgan fingerprint density at radius 2 is 1.86 bits per heavy atom. The molecule has 1 aromatic rings. The van der Waals surface area contributed by atoms with Crippen molar-refractivity contribution in [3.8, 4) is 0 Å². The van der Waals surface area contributed by atoms with Crippen LogP contribution < -0.4 is 5.32 Å². The fourth-order valence-corrected chi connectivity index (χ4v) is 3.75. The van der Waals surface area contributed by atoms with Gasteiger partial charge >= 0.3 is 5.97 Å². The van der Waals surface area contributed by atoms with Gasteiger partial charge in [0.15, 0.2) is 4.90 Å². The molecule has 1 aliphatic heterocycles. The number of halogens is 3. The van der Waals surface area contributed by atoms with Crippen molar-refractivity contribution in [3.63, 3.8) is 0 Å². The van der Waals surface area contributed by atoms with Crippen LogP contribution >= 0.6 is 0 Å². The van der Waals surface area contributed by atoms with Crippen LogP contribution in [0.3, 0.4) is 0 Å². The summed E-state index contributed by atoms with van der Waals surface area (Å²) in [5.74, 6) is -5.92.